The van der Waals surface area contributed by atoms with Gasteiger partial charge in [-0.05, 0) is 60.9 Å². The average Bonchev–Trinajstić information content (AvgIpc) is 3.28. The summed E-state index contributed by atoms with van der Waals surface area (Å²) in [5.41, 5.74) is 2.74. The van der Waals surface area contributed by atoms with Gasteiger partial charge in [-0.25, -0.2) is 13.1 Å². The smallest absolute Gasteiger partial charge is 0.251 e. The lowest BCUT2D eigenvalue weighted by Gasteiger charge is -2.32. The lowest BCUT2D eigenvalue weighted by atomic mass is 9.80. The Morgan fingerprint density at radius 1 is 1.13 bits per heavy atom. The molecular formula is C23H28N2O4S. The molecule has 30 heavy (non-hydrogen) atoms. The molecule has 0 radical (unpaired) electrons. The number of carbonyl (C=O) groups excluding carboxylic acids is 1. The lowest BCUT2D eigenvalue weighted by Crippen LogP contribution is -2.35. The molecule has 0 spiro atoms. The highest BCUT2D eigenvalue weighted by atomic mass is 32.2. The molecule has 6 nitrogen and oxygen atoms in total. The van der Waals surface area contributed by atoms with Crippen molar-refractivity contribution in [3.63, 3.8) is 0 Å². The number of aryl methyl sites for hydroxylation is 1. The Hall–Kier alpha value is -2.22. The Labute approximate surface area is 178 Å². The van der Waals surface area contributed by atoms with Gasteiger partial charge in [-0.15, -0.1) is 0 Å². The van der Waals surface area contributed by atoms with Crippen molar-refractivity contribution in [2.45, 2.75) is 49.6 Å². The van der Waals surface area contributed by atoms with Gasteiger partial charge in [-0.3, -0.25) is 4.79 Å². The largest absolute Gasteiger partial charge is 0.377 e. The summed E-state index contributed by atoms with van der Waals surface area (Å²) in [5, 5.41) is 3.12. The normalized spacial score (nSPS) is 23.7. The maximum atomic E-state index is 13.0. The topological polar surface area (TPSA) is 84.5 Å². The van der Waals surface area contributed by atoms with E-state index in [4.69, 9.17) is 4.74 Å². The van der Waals surface area contributed by atoms with E-state index in [0.29, 0.717) is 18.1 Å². The summed E-state index contributed by atoms with van der Waals surface area (Å²) < 4.78 is 33.4. The molecular weight excluding hydrogens is 400 g/mol. The molecule has 2 N–H and O–H groups in total. The highest BCUT2D eigenvalue weighted by Crippen LogP contribution is 2.34. The van der Waals surface area contributed by atoms with Crippen molar-refractivity contribution in [3.8, 4) is 0 Å². The molecule has 0 unspecified atom stereocenters. The highest BCUT2D eigenvalue weighted by Gasteiger charge is 2.28. The fourth-order valence-corrected chi connectivity index (χ4v) is 5.37. The molecule has 2 aromatic rings. The molecule has 3 atom stereocenters. The molecule has 2 aliphatic rings. The predicted molar refractivity (Wildman–Crippen MR) is 115 cm³/mol. The van der Waals surface area contributed by atoms with E-state index >= 15 is 0 Å². The Kier molecular flexibility index (Phi) is 6.22. The van der Waals surface area contributed by atoms with Crippen molar-refractivity contribution in [3.05, 3.63) is 65.2 Å². The second-order valence-electron chi connectivity index (χ2n) is 8.18. The van der Waals surface area contributed by atoms with Crippen LogP contribution in [0.4, 0.5) is 0 Å². The van der Waals surface area contributed by atoms with Gasteiger partial charge in [0.1, 0.15) is 0 Å². The van der Waals surface area contributed by atoms with Crippen LogP contribution in [0.25, 0.3) is 0 Å². The van der Waals surface area contributed by atoms with Crippen molar-refractivity contribution >= 4 is 15.9 Å². The number of hydrogen-bond acceptors (Lipinski definition) is 4. The fourth-order valence-electron chi connectivity index (χ4n) is 4.26. The van der Waals surface area contributed by atoms with Crippen LogP contribution in [0.2, 0.25) is 0 Å². The van der Waals surface area contributed by atoms with Crippen molar-refractivity contribution in [2.24, 2.45) is 5.92 Å². The first-order valence-corrected chi connectivity index (χ1v) is 12.0. The van der Waals surface area contributed by atoms with Crippen molar-refractivity contribution in [1.29, 1.82) is 0 Å². The van der Waals surface area contributed by atoms with Gasteiger partial charge in [0.15, 0.2) is 0 Å². The summed E-state index contributed by atoms with van der Waals surface area (Å²) >= 11 is 0. The van der Waals surface area contributed by atoms with Gasteiger partial charge >= 0.3 is 0 Å². The van der Waals surface area contributed by atoms with Crippen LogP contribution in [0.1, 0.15) is 53.7 Å². The maximum Gasteiger partial charge on any atom is 0.251 e. The van der Waals surface area contributed by atoms with Gasteiger partial charge < -0.3 is 10.1 Å². The number of rotatable bonds is 6. The number of sulfonamides is 1. The minimum absolute atomic E-state index is 0.0830. The van der Waals surface area contributed by atoms with Gasteiger partial charge in [0.05, 0.1) is 17.0 Å². The Morgan fingerprint density at radius 3 is 2.77 bits per heavy atom. The number of carbonyl (C=O) groups is 1. The van der Waals surface area contributed by atoms with Crippen LogP contribution in [0.3, 0.4) is 0 Å². The molecule has 1 fully saturated rings. The molecule has 1 amide bonds. The average molecular weight is 429 g/mol. The predicted octanol–water partition coefficient (Wildman–Crippen LogP) is 3.20. The molecule has 4 rings (SSSR count). The van der Waals surface area contributed by atoms with Crippen molar-refractivity contribution in [1.82, 2.24) is 10.0 Å². The number of amides is 1. The zero-order valence-corrected chi connectivity index (χ0v) is 18.0. The number of fused-ring (bicyclic) bond motifs is 1. The number of ether oxygens (including phenoxy) is 1. The zero-order chi connectivity index (χ0) is 21.1. The quantitative estimate of drug-likeness (QED) is 0.740. The van der Waals surface area contributed by atoms with E-state index < -0.39 is 10.0 Å². The minimum Gasteiger partial charge on any atom is -0.377 e. The third-order valence-corrected chi connectivity index (χ3v) is 7.47. The van der Waals surface area contributed by atoms with Crippen LogP contribution < -0.4 is 10.0 Å². The Balaban J connectivity index is 1.49. The van der Waals surface area contributed by atoms with E-state index in [-0.39, 0.29) is 29.5 Å². The first-order chi connectivity index (χ1) is 14.4. The summed E-state index contributed by atoms with van der Waals surface area (Å²) in [6.45, 7) is 3.05. The molecule has 0 aromatic heterocycles. The van der Waals surface area contributed by atoms with E-state index in [2.05, 4.69) is 29.1 Å². The number of nitrogens with one attached hydrogen (secondary N) is 2. The monoisotopic (exact) mass is 428 g/mol. The first-order valence-electron chi connectivity index (χ1n) is 10.5. The Morgan fingerprint density at radius 2 is 1.97 bits per heavy atom. The van der Waals surface area contributed by atoms with Gasteiger partial charge in [0.25, 0.3) is 5.91 Å². The van der Waals surface area contributed by atoms with Crippen LogP contribution in [-0.2, 0) is 21.2 Å². The highest BCUT2D eigenvalue weighted by molar-refractivity contribution is 7.89. The van der Waals surface area contributed by atoms with Gasteiger partial charge in [0.2, 0.25) is 10.0 Å². The first kappa shape index (κ1) is 21.0. The van der Waals surface area contributed by atoms with Crippen LogP contribution in [0, 0.1) is 5.92 Å². The molecule has 2 aromatic carbocycles. The molecule has 1 saturated heterocycles. The molecule has 160 valence electrons. The summed E-state index contributed by atoms with van der Waals surface area (Å²) in [6.07, 6.45) is 3.73. The number of hydrogen-bond donors (Lipinski definition) is 2. The molecule has 1 heterocycles. The molecule has 7 heteroatoms. The third kappa shape index (κ3) is 4.58. The van der Waals surface area contributed by atoms with E-state index in [1.165, 1.54) is 17.7 Å². The molecule has 1 aliphatic heterocycles. The lowest BCUT2D eigenvalue weighted by molar-refractivity contribution is 0.0919. The second kappa shape index (κ2) is 8.88. The van der Waals surface area contributed by atoms with Crippen LogP contribution in [-0.4, -0.2) is 33.6 Å². The van der Waals surface area contributed by atoms with E-state index in [1.807, 2.05) is 12.1 Å². The zero-order valence-electron chi connectivity index (χ0n) is 17.1. The van der Waals surface area contributed by atoms with E-state index in [0.717, 1.165) is 31.2 Å². The van der Waals surface area contributed by atoms with E-state index in [1.54, 1.807) is 12.1 Å². The standard InChI is InChI=1S/C23H28N2O4S/c1-16-11-12-17-6-2-3-10-21(17)22(16)25-23(26)18-7-4-9-20(14-18)30(27,28)24-15-19-8-5-13-29-19/h2-4,6-7,9-10,14,16,19,22,24H,5,8,11-13,15H2,1H3,(H,25,26)/t16-,19+,22+/m1/s1. The van der Waals surface area contributed by atoms with Crippen LogP contribution in [0.15, 0.2) is 53.4 Å². The van der Waals surface area contributed by atoms with E-state index in [9.17, 15) is 13.2 Å². The van der Waals surface area contributed by atoms with Gasteiger partial charge in [-0.1, -0.05) is 37.3 Å². The summed E-state index contributed by atoms with van der Waals surface area (Å²) in [6, 6.07) is 14.3. The van der Waals surface area contributed by atoms with Crippen LogP contribution in [0.5, 0.6) is 0 Å². The van der Waals surface area contributed by atoms with Gasteiger partial charge in [0, 0.05) is 18.7 Å². The Bertz CT molecular complexity index is 1020. The summed E-state index contributed by atoms with van der Waals surface area (Å²) in [7, 11) is -3.71. The minimum atomic E-state index is -3.71. The summed E-state index contributed by atoms with van der Waals surface area (Å²) in [5.74, 6) is 0.0450. The maximum absolute atomic E-state index is 13.0. The van der Waals surface area contributed by atoms with Crippen molar-refractivity contribution < 1.29 is 17.9 Å². The summed E-state index contributed by atoms with van der Waals surface area (Å²) in [4.78, 5) is 13.1. The SMILES string of the molecule is C[C@@H]1CCc2ccccc2[C@H]1NC(=O)c1cccc(S(=O)(=O)NC[C@@H]2CCCO2)c1. The molecule has 0 saturated carbocycles. The van der Waals surface area contributed by atoms with Crippen molar-refractivity contribution in [2.75, 3.05) is 13.2 Å². The fraction of sp³-hybridized carbons (Fsp3) is 0.435. The third-order valence-electron chi connectivity index (χ3n) is 6.05. The molecule has 0 bridgehead atoms. The van der Waals surface area contributed by atoms with Gasteiger partial charge in [-0.2, -0.15) is 0 Å². The molecule has 1 aliphatic carbocycles. The van der Waals surface area contributed by atoms with Crippen LogP contribution >= 0.6 is 0 Å². The second-order valence-corrected chi connectivity index (χ2v) is 9.95. The number of benzene rings is 2.